The lowest BCUT2D eigenvalue weighted by atomic mass is 10.1. The Labute approximate surface area is 227 Å². The van der Waals surface area contributed by atoms with Gasteiger partial charge in [-0.1, -0.05) is 55.5 Å². The average Bonchev–Trinajstić information content (AvgIpc) is 3.26. The molecule has 0 spiro atoms. The summed E-state index contributed by atoms with van der Waals surface area (Å²) in [6, 6.07) is 32.0. The van der Waals surface area contributed by atoms with E-state index in [1.165, 1.54) is 22.7 Å². The number of aromatic nitrogens is 1. The van der Waals surface area contributed by atoms with Crippen LogP contribution in [0.25, 0.3) is 21.8 Å². The molecule has 2 N–H and O–H groups in total. The first kappa shape index (κ1) is 25.6. The van der Waals surface area contributed by atoms with E-state index in [9.17, 15) is 9.59 Å². The monoisotopic (exact) mass is 521 g/mol. The fraction of sp³-hybridized carbons (Fsp3) is 0.188. The number of carbonyl (C=O) groups is 2. The first-order valence-corrected chi connectivity index (χ1v) is 13.9. The molecular formula is C32H31N3O2S. The molecule has 0 aliphatic carbocycles. The van der Waals surface area contributed by atoms with Crippen LogP contribution in [-0.4, -0.2) is 16.4 Å². The van der Waals surface area contributed by atoms with E-state index in [1.807, 2.05) is 67.6 Å². The number of amides is 2. The van der Waals surface area contributed by atoms with Gasteiger partial charge in [0, 0.05) is 51.0 Å². The highest BCUT2D eigenvalue weighted by molar-refractivity contribution is 8.00. The molecule has 0 saturated heterocycles. The number of rotatable bonds is 9. The minimum atomic E-state index is -0.440. The van der Waals surface area contributed by atoms with Gasteiger partial charge in [0.2, 0.25) is 11.8 Å². The van der Waals surface area contributed by atoms with Crippen molar-refractivity contribution in [2.45, 2.75) is 43.4 Å². The van der Waals surface area contributed by atoms with Crippen LogP contribution in [0.4, 0.5) is 11.4 Å². The topological polar surface area (TPSA) is 63.1 Å². The molecule has 192 valence electrons. The summed E-state index contributed by atoms with van der Waals surface area (Å²) in [7, 11) is 0. The molecule has 5 nitrogen and oxygen atoms in total. The summed E-state index contributed by atoms with van der Waals surface area (Å²) in [5.41, 5.74) is 4.82. The van der Waals surface area contributed by atoms with Crippen molar-refractivity contribution >= 4 is 56.8 Å². The SMILES string of the molecule is CCCC(=O)Nc1ccc(SC(C(=O)Nc2ccc3c(c2)c2ccccc2n3CC)c2ccccc2)cc1. The second-order valence-electron chi connectivity index (χ2n) is 9.21. The van der Waals surface area contributed by atoms with Crippen LogP contribution in [0.5, 0.6) is 0 Å². The molecule has 0 bridgehead atoms. The van der Waals surface area contributed by atoms with Gasteiger partial charge in [-0.2, -0.15) is 0 Å². The first-order chi connectivity index (χ1) is 18.6. The number of thioether (sulfide) groups is 1. The molecule has 38 heavy (non-hydrogen) atoms. The van der Waals surface area contributed by atoms with Crippen LogP contribution >= 0.6 is 11.8 Å². The van der Waals surface area contributed by atoms with Gasteiger partial charge in [-0.25, -0.2) is 0 Å². The fourth-order valence-electron chi connectivity index (χ4n) is 4.78. The molecule has 1 heterocycles. The summed E-state index contributed by atoms with van der Waals surface area (Å²) in [6.45, 7) is 5.01. The lowest BCUT2D eigenvalue weighted by molar-refractivity contribution is -0.116. The van der Waals surface area contributed by atoms with Gasteiger partial charge in [-0.15, -0.1) is 11.8 Å². The van der Waals surface area contributed by atoms with E-state index in [-0.39, 0.29) is 11.8 Å². The van der Waals surface area contributed by atoms with Crippen molar-refractivity contribution in [3.8, 4) is 0 Å². The molecule has 0 saturated carbocycles. The van der Waals surface area contributed by atoms with Gasteiger partial charge in [0.1, 0.15) is 5.25 Å². The molecule has 4 aromatic carbocycles. The lowest BCUT2D eigenvalue weighted by Crippen LogP contribution is -2.19. The third-order valence-corrected chi connectivity index (χ3v) is 7.83. The third kappa shape index (κ3) is 5.46. The maximum absolute atomic E-state index is 13.7. The molecule has 0 radical (unpaired) electrons. The van der Waals surface area contributed by atoms with Crippen molar-refractivity contribution in [2.24, 2.45) is 0 Å². The van der Waals surface area contributed by atoms with E-state index < -0.39 is 5.25 Å². The Bertz CT molecular complexity index is 1580. The zero-order valence-electron chi connectivity index (χ0n) is 21.6. The predicted molar refractivity (Wildman–Crippen MR) is 159 cm³/mol. The Morgan fingerprint density at radius 1 is 0.763 bits per heavy atom. The molecule has 5 aromatic rings. The largest absolute Gasteiger partial charge is 0.341 e. The molecule has 0 aliphatic rings. The van der Waals surface area contributed by atoms with Crippen LogP contribution in [-0.2, 0) is 16.1 Å². The highest BCUT2D eigenvalue weighted by atomic mass is 32.2. The van der Waals surface area contributed by atoms with Gasteiger partial charge >= 0.3 is 0 Å². The van der Waals surface area contributed by atoms with Crippen molar-refractivity contribution in [1.82, 2.24) is 4.57 Å². The van der Waals surface area contributed by atoms with E-state index >= 15 is 0 Å². The minimum absolute atomic E-state index is 0.00784. The van der Waals surface area contributed by atoms with E-state index in [0.717, 1.165) is 45.7 Å². The van der Waals surface area contributed by atoms with Gasteiger partial charge in [0.25, 0.3) is 0 Å². The van der Waals surface area contributed by atoms with Gasteiger partial charge in [0.15, 0.2) is 0 Å². The molecule has 2 amide bonds. The molecule has 1 atom stereocenters. The van der Waals surface area contributed by atoms with Crippen LogP contribution in [0.1, 0.15) is 37.5 Å². The Kier molecular flexibility index (Phi) is 7.80. The van der Waals surface area contributed by atoms with Crippen LogP contribution in [0.2, 0.25) is 0 Å². The quantitative estimate of drug-likeness (QED) is 0.193. The number of anilines is 2. The van der Waals surface area contributed by atoms with Crippen LogP contribution in [0.3, 0.4) is 0 Å². The molecule has 0 fully saturated rings. The number of nitrogens with one attached hydrogen (secondary N) is 2. The maximum Gasteiger partial charge on any atom is 0.242 e. The Balaban J connectivity index is 1.40. The molecule has 5 rings (SSSR count). The number of fused-ring (bicyclic) bond motifs is 3. The van der Waals surface area contributed by atoms with Crippen LogP contribution < -0.4 is 10.6 Å². The highest BCUT2D eigenvalue weighted by Crippen LogP contribution is 2.37. The van der Waals surface area contributed by atoms with E-state index in [1.54, 1.807) is 0 Å². The van der Waals surface area contributed by atoms with Crippen molar-refractivity contribution in [3.05, 3.63) is 103 Å². The normalized spacial score (nSPS) is 11.9. The summed E-state index contributed by atoms with van der Waals surface area (Å²) in [5.74, 6) is -0.0754. The summed E-state index contributed by atoms with van der Waals surface area (Å²) in [6.07, 6.45) is 1.30. The Morgan fingerprint density at radius 3 is 2.18 bits per heavy atom. The minimum Gasteiger partial charge on any atom is -0.341 e. The summed E-state index contributed by atoms with van der Waals surface area (Å²) >= 11 is 1.49. The third-order valence-electron chi connectivity index (χ3n) is 6.57. The number of hydrogen-bond donors (Lipinski definition) is 2. The maximum atomic E-state index is 13.7. The van der Waals surface area contributed by atoms with E-state index in [0.29, 0.717) is 6.42 Å². The van der Waals surface area contributed by atoms with Gasteiger partial charge < -0.3 is 15.2 Å². The van der Waals surface area contributed by atoms with Crippen molar-refractivity contribution < 1.29 is 9.59 Å². The molecule has 1 aromatic heterocycles. The molecule has 0 aliphatic heterocycles. The van der Waals surface area contributed by atoms with Crippen molar-refractivity contribution in [3.63, 3.8) is 0 Å². The van der Waals surface area contributed by atoms with Gasteiger partial charge in [-0.05, 0) is 67.4 Å². The fourth-order valence-corrected chi connectivity index (χ4v) is 5.81. The smallest absolute Gasteiger partial charge is 0.242 e. The van der Waals surface area contributed by atoms with Crippen molar-refractivity contribution in [1.29, 1.82) is 0 Å². The lowest BCUT2D eigenvalue weighted by Gasteiger charge is -2.17. The molecule has 1 unspecified atom stereocenters. The zero-order chi connectivity index (χ0) is 26.5. The summed E-state index contributed by atoms with van der Waals surface area (Å²) in [4.78, 5) is 26.5. The number of hydrogen-bond acceptors (Lipinski definition) is 3. The van der Waals surface area contributed by atoms with Gasteiger partial charge in [-0.3, -0.25) is 9.59 Å². The summed E-state index contributed by atoms with van der Waals surface area (Å²) in [5, 5.41) is 7.95. The number of para-hydroxylation sites is 1. The predicted octanol–water partition coefficient (Wildman–Crippen LogP) is 8.03. The van der Waals surface area contributed by atoms with E-state index in [2.05, 4.69) is 58.5 Å². The molecular weight excluding hydrogens is 490 g/mol. The standard InChI is InChI=1S/C32H31N3O2S/c1-3-10-30(36)33-23-15-18-25(19-16-23)38-31(22-11-6-5-7-12-22)32(37)34-24-17-20-29-27(21-24)26-13-8-9-14-28(26)35(29)4-2/h5-9,11-21,31H,3-4,10H2,1-2H3,(H,33,36)(H,34,37). The number of nitrogens with zero attached hydrogens (tertiary/aromatic N) is 1. The van der Waals surface area contributed by atoms with Crippen LogP contribution in [0, 0.1) is 0 Å². The van der Waals surface area contributed by atoms with E-state index in [4.69, 9.17) is 0 Å². The first-order valence-electron chi connectivity index (χ1n) is 13.0. The second-order valence-corrected chi connectivity index (χ2v) is 10.4. The zero-order valence-corrected chi connectivity index (χ0v) is 22.4. The number of carbonyl (C=O) groups excluding carboxylic acids is 2. The molecule has 6 heteroatoms. The Morgan fingerprint density at radius 2 is 1.45 bits per heavy atom. The summed E-state index contributed by atoms with van der Waals surface area (Å²) < 4.78 is 2.30. The van der Waals surface area contributed by atoms with Gasteiger partial charge in [0.05, 0.1) is 0 Å². The number of benzene rings is 4. The average molecular weight is 522 g/mol. The second kappa shape index (κ2) is 11.6. The van der Waals surface area contributed by atoms with Crippen molar-refractivity contribution in [2.75, 3.05) is 10.6 Å². The Hall–Kier alpha value is -4.03. The van der Waals surface area contributed by atoms with Crippen LogP contribution in [0.15, 0.2) is 102 Å². The highest BCUT2D eigenvalue weighted by Gasteiger charge is 2.23. The number of aryl methyl sites for hydroxylation is 1.